The monoisotopic (exact) mass is 454 g/mol. The second-order valence-corrected chi connectivity index (χ2v) is 11.0. The molecule has 0 heterocycles. The van der Waals surface area contributed by atoms with Crippen LogP contribution in [0, 0.1) is 25.7 Å². The Bertz CT molecular complexity index is 1130. The Hall–Kier alpha value is -2.08. The van der Waals surface area contributed by atoms with E-state index >= 15 is 0 Å². The van der Waals surface area contributed by atoms with Gasteiger partial charge in [-0.1, -0.05) is 115 Å². The van der Waals surface area contributed by atoms with Gasteiger partial charge in [-0.15, -0.1) is 0 Å². The van der Waals surface area contributed by atoms with E-state index in [0.29, 0.717) is 0 Å². The summed E-state index contributed by atoms with van der Waals surface area (Å²) >= 11 is 0. The Labute approximate surface area is 208 Å². The fourth-order valence-electron chi connectivity index (χ4n) is 6.37. The van der Waals surface area contributed by atoms with Crippen LogP contribution in [0.5, 0.6) is 0 Å². The van der Waals surface area contributed by atoms with Crippen LogP contribution in [0.15, 0.2) is 36.4 Å². The highest BCUT2D eigenvalue weighted by molar-refractivity contribution is 6.25. The number of rotatable bonds is 12. The van der Waals surface area contributed by atoms with Crippen LogP contribution in [0.4, 0.5) is 0 Å². The van der Waals surface area contributed by atoms with E-state index in [-0.39, 0.29) is 0 Å². The first kappa shape index (κ1) is 25.0. The number of hydrogen-bond acceptors (Lipinski definition) is 0. The van der Waals surface area contributed by atoms with Crippen LogP contribution >= 0.6 is 0 Å². The highest BCUT2D eigenvalue weighted by atomic mass is 14.2. The zero-order valence-corrected chi connectivity index (χ0v) is 22.7. The summed E-state index contributed by atoms with van der Waals surface area (Å²) in [6, 6.07) is 14.7. The van der Waals surface area contributed by atoms with Gasteiger partial charge in [0.1, 0.15) is 0 Å². The van der Waals surface area contributed by atoms with Crippen LogP contribution in [-0.2, 0) is 12.8 Å². The van der Waals surface area contributed by atoms with Gasteiger partial charge in [0.2, 0.25) is 0 Å². The van der Waals surface area contributed by atoms with Gasteiger partial charge in [-0.25, -0.2) is 0 Å². The molecule has 4 aromatic carbocycles. The largest absolute Gasteiger partial charge is 0.0654 e. The Morgan fingerprint density at radius 2 is 0.941 bits per heavy atom. The molecule has 0 fully saturated rings. The molecule has 0 radical (unpaired) electrons. The van der Waals surface area contributed by atoms with E-state index in [0.717, 1.165) is 11.8 Å². The quantitative estimate of drug-likeness (QED) is 0.187. The second-order valence-electron chi connectivity index (χ2n) is 11.0. The van der Waals surface area contributed by atoms with E-state index in [9.17, 15) is 0 Å². The lowest BCUT2D eigenvalue weighted by Crippen LogP contribution is -2.06. The maximum absolute atomic E-state index is 2.50. The van der Waals surface area contributed by atoms with E-state index in [4.69, 9.17) is 0 Å². The molecule has 0 saturated heterocycles. The molecule has 4 rings (SSSR count). The summed E-state index contributed by atoms with van der Waals surface area (Å²) < 4.78 is 0. The Balaban J connectivity index is 1.88. The molecular weight excluding hydrogens is 408 g/mol. The third-order valence-corrected chi connectivity index (χ3v) is 8.59. The summed E-state index contributed by atoms with van der Waals surface area (Å²) in [6.07, 6.45) is 13.0. The van der Waals surface area contributed by atoms with Crippen molar-refractivity contribution in [2.45, 2.75) is 106 Å². The van der Waals surface area contributed by atoms with Crippen molar-refractivity contribution < 1.29 is 0 Å². The predicted octanol–water partition coefficient (Wildman–Crippen LogP) is 10.7. The first-order valence-electron chi connectivity index (χ1n) is 14.2. The Kier molecular flexibility index (Phi) is 8.18. The van der Waals surface area contributed by atoms with Gasteiger partial charge in [0.05, 0.1) is 0 Å². The second kappa shape index (κ2) is 11.1. The predicted molar refractivity (Wildman–Crippen MR) is 154 cm³/mol. The molecule has 0 heteroatoms. The zero-order valence-electron chi connectivity index (χ0n) is 22.7. The molecule has 0 saturated carbocycles. The number of aryl methyl sites for hydroxylation is 2. The van der Waals surface area contributed by atoms with E-state index in [2.05, 4.69) is 77.9 Å². The van der Waals surface area contributed by atoms with E-state index < -0.39 is 0 Å². The number of benzene rings is 4. The first-order valence-corrected chi connectivity index (χ1v) is 14.2. The fourth-order valence-corrected chi connectivity index (χ4v) is 6.37. The number of hydrogen-bond donors (Lipinski definition) is 0. The average molecular weight is 455 g/mol. The van der Waals surface area contributed by atoms with Gasteiger partial charge in [-0.05, 0) is 93.1 Å². The van der Waals surface area contributed by atoms with Crippen molar-refractivity contribution in [3.05, 3.63) is 58.7 Å². The van der Waals surface area contributed by atoms with E-state index in [1.54, 1.807) is 11.1 Å². The van der Waals surface area contributed by atoms with Crippen molar-refractivity contribution in [2.75, 3.05) is 0 Å². The molecule has 0 aliphatic carbocycles. The van der Waals surface area contributed by atoms with Gasteiger partial charge >= 0.3 is 0 Å². The van der Waals surface area contributed by atoms with Gasteiger partial charge < -0.3 is 0 Å². The van der Waals surface area contributed by atoms with Crippen LogP contribution < -0.4 is 0 Å². The van der Waals surface area contributed by atoms with Crippen molar-refractivity contribution in [3.8, 4) is 0 Å². The smallest absolute Gasteiger partial charge is 0.00212 e. The molecule has 0 aromatic heterocycles. The van der Waals surface area contributed by atoms with Crippen molar-refractivity contribution >= 4 is 32.3 Å². The molecular formula is C34H46. The van der Waals surface area contributed by atoms with Crippen molar-refractivity contribution in [2.24, 2.45) is 11.8 Å². The topological polar surface area (TPSA) is 0 Å². The van der Waals surface area contributed by atoms with Gasteiger partial charge in [0.25, 0.3) is 0 Å². The Morgan fingerprint density at radius 1 is 0.559 bits per heavy atom. The summed E-state index contributed by atoms with van der Waals surface area (Å²) in [7, 11) is 0. The molecule has 0 spiro atoms. The molecule has 0 N–H and O–H groups in total. The van der Waals surface area contributed by atoms with E-state index in [1.165, 1.54) is 108 Å². The minimum absolute atomic E-state index is 0.791. The first-order chi connectivity index (χ1) is 16.5. The summed E-state index contributed by atoms with van der Waals surface area (Å²) in [4.78, 5) is 0. The lowest BCUT2D eigenvalue weighted by molar-refractivity contribution is 0.450. The molecule has 34 heavy (non-hydrogen) atoms. The minimum atomic E-state index is 0.791. The molecule has 0 bridgehead atoms. The lowest BCUT2D eigenvalue weighted by atomic mass is 9.82. The van der Waals surface area contributed by atoms with Crippen molar-refractivity contribution in [1.29, 1.82) is 0 Å². The molecule has 182 valence electrons. The molecule has 0 nitrogen and oxygen atoms in total. The summed E-state index contributed by atoms with van der Waals surface area (Å²) in [6.45, 7) is 14.0. The molecule has 0 aliphatic rings. The van der Waals surface area contributed by atoms with Crippen molar-refractivity contribution in [1.82, 2.24) is 0 Å². The maximum Gasteiger partial charge on any atom is -0.00212 e. The molecule has 4 aromatic rings. The van der Waals surface area contributed by atoms with Gasteiger partial charge in [-0.3, -0.25) is 0 Å². The average Bonchev–Trinajstić information content (AvgIpc) is 2.85. The summed E-state index contributed by atoms with van der Waals surface area (Å²) in [5, 5.41) is 8.97. The standard InChI is InChI=1S/C34H46/c1-7-11-13-25(9-3)21-27-19-23(5)29-16-18-32-28(22-26(10-4)14-12-8-2)20-24(6)30-15-17-31(27)33(29)34(30)32/h15-20,25-26H,7-14,21-22H2,1-6H3. The van der Waals surface area contributed by atoms with Gasteiger partial charge in [-0.2, -0.15) is 0 Å². The summed E-state index contributed by atoms with van der Waals surface area (Å²) in [5.74, 6) is 1.58. The summed E-state index contributed by atoms with van der Waals surface area (Å²) in [5.41, 5.74) is 6.03. The van der Waals surface area contributed by atoms with Crippen LogP contribution in [-0.4, -0.2) is 0 Å². The third-order valence-electron chi connectivity index (χ3n) is 8.59. The fraction of sp³-hybridized carbons (Fsp3) is 0.529. The highest BCUT2D eigenvalue weighted by Gasteiger charge is 2.19. The van der Waals surface area contributed by atoms with Gasteiger partial charge in [0, 0.05) is 0 Å². The van der Waals surface area contributed by atoms with Crippen LogP contribution in [0.3, 0.4) is 0 Å². The molecule has 2 unspecified atom stereocenters. The number of unbranched alkanes of at least 4 members (excludes halogenated alkanes) is 2. The molecule has 2 atom stereocenters. The highest BCUT2D eigenvalue weighted by Crippen LogP contribution is 2.41. The van der Waals surface area contributed by atoms with E-state index in [1.807, 2.05) is 0 Å². The SMILES string of the molecule is CCCCC(CC)Cc1cc(C)c2ccc3c(CC(CC)CCCC)cc(C)c4ccc1c2c43. The third kappa shape index (κ3) is 4.84. The van der Waals surface area contributed by atoms with Gasteiger partial charge in [0.15, 0.2) is 0 Å². The Morgan fingerprint density at radius 3 is 1.29 bits per heavy atom. The van der Waals surface area contributed by atoms with Crippen LogP contribution in [0.25, 0.3) is 32.3 Å². The van der Waals surface area contributed by atoms with Crippen LogP contribution in [0.2, 0.25) is 0 Å². The normalized spacial score (nSPS) is 13.9. The van der Waals surface area contributed by atoms with Crippen LogP contribution in [0.1, 0.15) is 101 Å². The van der Waals surface area contributed by atoms with Crippen molar-refractivity contribution in [3.63, 3.8) is 0 Å². The zero-order chi connectivity index (χ0) is 24.2. The lowest BCUT2D eigenvalue weighted by Gasteiger charge is -2.22. The minimum Gasteiger partial charge on any atom is -0.0654 e. The molecule has 0 amide bonds. The maximum atomic E-state index is 2.50. The molecule has 0 aliphatic heterocycles.